The monoisotopic (exact) mass is 317 g/mol. The lowest BCUT2D eigenvalue weighted by Gasteiger charge is -2.35. The molecule has 0 radical (unpaired) electrons. The van der Waals surface area contributed by atoms with E-state index >= 15 is 0 Å². The van der Waals surface area contributed by atoms with E-state index in [4.69, 9.17) is 0 Å². The minimum atomic E-state index is -0.113. The van der Waals surface area contributed by atoms with E-state index in [1.165, 1.54) is 19.3 Å². The summed E-state index contributed by atoms with van der Waals surface area (Å²) in [5.41, 5.74) is 0.110. The van der Waals surface area contributed by atoms with Crippen molar-refractivity contribution < 1.29 is 4.79 Å². The first kappa shape index (κ1) is 16.0. The van der Waals surface area contributed by atoms with Crippen LogP contribution in [-0.4, -0.2) is 17.8 Å². The first-order valence-electron chi connectivity index (χ1n) is 7.36. The van der Waals surface area contributed by atoms with Crippen LogP contribution >= 0.6 is 15.9 Å². The van der Waals surface area contributed by atoms with Crippen LogP contribution in [0.2, 0.25) is 0 Å². The second-order valence-corrected chi connectivity index (χ2v) is 6.71. The molecular weight excluding hydrogens is 290 g/mol. The third kappa shape index (κ3) is 3.72. The Balaban J connectivity index is 2.54. The zero-order chi connectivity index (χ0) is 13.6. The number of alkyl halides is 1. The molecule has 0 unspecified atom stereocenters. The summed E-state index contributed by atoms with van der Waals surface area (Å²) in [4.78, 5) is 12.4. The zero-order valence-corrected chi connectivity index (χ0v) is 13.7. The highest BCUT2D eigenvalue weighted by molar-refractivity contribution is 9.09. The van der Waals surface area contributed by atoms with Gasteiger partial charge in [-0.1, -0.05) is 56.0 Å². The molecule has 0 aromatic carbocycles. The van der Waals surface area contributed by atoms with E-state index in [9.17, 15) is 4.79 Å². The number of rotatable bonds is 6. The summed E-state index contributed by atoms with van der Waals surface area (Å²) in [6.07, 6.45) is 8.01. The van der Waals surface area contributed by atoms with Crippen LogP contribution in [0.1, 0.15) is 65.7 Å². The largest absolute Gasteiger partial charge is 0.355 e. The summed E-state index contributed by atoms with van der Waals surface area (Å²) < 4.78 is 0. The first-order valence-corrected chi connectivity index (χ1v) is 8.48. The number of hydrogen-bond acceptors (Lipinski definition) is 1. The van der Waals surface area contributed by atoms with E-state index < -0.39 is 0 Å². The first-order chi connectivity index (χ1) is 8.52. The Hall–Kier alpha value is -0.0500. The van der Waals surface area contributed by atoms with Crippen LogP contribution in [0.4, 0.5) is 0 Å². The molecule has 0 heterocycles. The van der Waals surface area contributed by atoms with Crippen molar-refractivity contribution in [3.8, 4) is 0 Å². The molecule has 106 valence electrons. The van der Waals surface area contributed by atoms with Crippen LogP contribution in [0.25, 0.3) is 0 Å². The molecule has 2 nitrogen and oxygen atoms in total. The van der Waals surface area contributed by atoms with Gasteiger partial charge in [0.2, 0.25) is 5.91 Å². The standard InChI is InChI=1S/C15H28BrNO/c1-4-15(5-2,11-16)12-17-13(18)14(3)9-7-6-8-10-14/h4-12H2,1-3H3,(H,17,18). The molecule has 1 aliphatic carbocycles. The van der Waals surface area contributed by atoms with Crippen molar-refractivity contribution in [3.05, 3.63) is 0 Å². The third-order valence-electron chi connectivity index (χ3n) is 4.91. The summed E-state index contributed by atoms with van der Waals surface area (Å²) >= 11 is 3.60. The molecule has 1 rings (SSSR count). The normalized spacial score (nSPS) is 19.6. The molecule has 0 bridgehead atoms. The third-order valence-corrected chi connectivity index (χ3v) is 6.10. The fourth-order valence-electron chi connectivity index (χ4n) is 2.78. The Kier molecular flexibility index (Phi) is 6.16. The minimum Gasteiger partial charge on any atom is -0.355 e. The quantitative estimate of drug-likeness (QED) is 0.728. The van der Waals surface area contributed by atoms with Gasteiger partial charge in [0.05, 0.1) is 0 Å². The molecule has 18 heavy (non-hydrogen) atoms. The SMILES string of the molecule is CCC(CC)(CBr)CNC(=O)C1(C)CCCCC1. The maximum atomic E-state index is 12.4. The van der Waals surface area contributed by atoms with E-state index in [-0.39, 0.29) is 16.7 Å². The van der Waals surface area contributed by atoms with Crippen molar-refractivity contribution in [2.75, 3.05) is 11.9 Å². The van der Waals surface area contributed by atoms with Crippen LogP contribution in [0.15, 0.2) is 0 Å². The van der Waals surface area contributed by atoms with Gasteiger partial charge in [-0.3, -0.25) is 4.79 Å². The Labute approximate surface area is 120 Å². The number of halogens is 1. The van der Waals surface area contributed by atoms with Crippen LogP contribution in [0.5, 0.6) is 0 Å². The average molecular weight is 318 g/mol. The number of amides is 1. The van der Waals surface area contributed by atoms with Crippen LogP contribution in [0.3, 0.4) is 0 Å². The maximum Gasteiger partial charge on any atom is 0.225 e. The summed E-state index contributed by atoms with van der Waals surface area (Å²) in [5.74, 6) is 0.273. The summed E-state index contributed by atoms with van der Waals surface area (Å²) in [6, 6.07) is 0. The molecule has 0 saturated heterocycles. The van der Waals surface area contributed by atoms with Gasteiger partial charge in [-0.25, -0.2) is 0 Å². The number of nitrogens with one attached hydrogen (secondary N) is 1. The van der Waals surface area contributed by atoms with Gasteiger partial charge >= 0.3 is 0 Å². The van der Waals surface area contributed by atoms with Gasteiger partial charge < -0.3 is 5.32 Å². The van der Waals surface area contributed by atoms with Crippen molar-refractivity contribution in [1.82, 2.24) is 5.32 Å². The highest BCUT2D eigenvalue weighted by atomic mass is 79.9. The molecule has 0 atom stereocenters. The highest BCUT2D eigenvalue weighted by Gasteiger charge is 2.35. The molecule has 0 aromatic rings. The Morgan fingerprint density at radius 3 is 2.22 bits per heavy atom. The predicted octanol–water partition coefficient (Wildman–Crippen LogP) is 4.27. The predicted molar refractivity (Wildman–Crippen MR) is 81.0 cm³/mol. The van der Waals surface area contributed by atoms with Crippen molar-refractivity contribution in [3.63, 3.8) is 0 Å². The van der Waals surface area contributed by atoms with Gasteiger partial charge in [0.1, 0.15) is 0 Å². The van der Waals surface area contributed by atoms with Gasteiger partial charge in [0, 0.05) is 17.3 Å². The average Bonchev–Trinajstić information content (AvgIpc) is 2.41. The molecule has 0 aliphatic heterocycles. The van der Waals surface area contributed by atoms with Crippen molar-refractivity contribution in [2.24, 2.45) is 10.8 Å². The van der Waals surface area contributed by atoms with Gasteiger partial charge in [0.25, 0.3) is 0 Å². The second kappa shape index (κ2) is 6.93. The molecule has 3 heteroatoms. The molecule has 0 aromatic heterocycles. The lowest BCUT2D eigenvalue weighted by molar-refractivity contribution is -0.132. The van der Waals surface area contributed by atoms with Gasteiger partial charge in [-0.05, 0) is 31.1 Å². The number of hydrogen-bond donors (Lipinski definition) is 1. The molecule has 1 fully saturated rings. The highest BCUT2D eigenvalue weighted by Crippen LogP contribution is 2.36. The van der Waals surface area contributed by atoms with Crippen LogP contribution in [0, 0.1) is 10.8 Å². The Bertz CT molecular complexity index is 259. The molecule has 0 spiro atoms. The molecule has 1 amide bonds. The lowest BCUT2D eigenvalue weighted by atomic mass is 9.74. The minimum absolute atomic E-state index is 0.113. The van der Waals surface area contributed by atoms with E-state index in [0.29, 0.717) is 0 Å². The Morgan fingerprint density at radius 2 is 1.78 bits per heavy atom. The van der Waals surface area contributed by atoms with Gasteiger partial charge in [-0.15, -0.1) is 0 Å². The van der Waals surface area contributed by atoms with E-state index in [2.05, 4.69) is 42.0 Å². The van der Waals surface area contributed by atoms with Crippen LogP contribution in [-0.2, 0) is 4.79 Å². The molecular formula is C15H28BrNO. The Morgan fingerprint density at radius 1 is 1.22 bits per heavy atom. The zero-order valence-electron chi connectivity index (χ0n) is 12.2. The van der Waals surface area contributed by atoms with Crippen molar-refractivity contribution in [1.29, 1.82) is 0 Å². The number of carbonyl (C=O) groups excluding carboxylic acids is 1. The van der Waals surface area contributed by atoms with Gasteiger partial charge in [0.15, 0.2) is 0 Å². The van der Waals surface area contributed by atoms with Crippen LogP contribution < -0.4 is 5.32 Å². The van der Waals surface area contributed by atoms with Crippen molar-refractivity contribution in [2.45, 2.75) is 65.7 Å². The summed E-state index contributed by atoms with van der Waals surface area (Å²) in [7, 11) is 0. The summed E-state index contributed by atoms with van der Waals surface area (Å²) in [5, 5.41) is 4.18. The van der Waals surface area contributed by atoms with Gasteiger partial charge in [-0.2, -0.15) is 0 Å². The number of carbonyl (C=O) groups is 1. The topological polar surface area (TPSA) is 29.1 Å². The molecule has 1 N–H and O–H groups in total. The summed E-state index contributed by atoms with van der Waals surface area (Å²) in [6.45, 7) is 7.35. The van der Waals surface area contributed by atoms with E-state index in [1.54, 1.807) is 0 Å². The maximum absolute atomic E-state index is 12.4. The van der Waals surface area contributed by atoms with E-state index in [1.807, 2.05) is 0 Å². The molecule has 1 saturated carbocycles. The second-order valence-electron chi connectivity index (χ2n) is 6.14. The lowest BCUT2D eigenvalue weighted by Crippen LogP contribution is -2.45. The molecule has 1 aliphatic rings. The smallest absolute Gasteiger partial charge is 0.225 e. The van der Waals surface area contributed by atoms with E-state index in [0.717, 1.165) is 37.6 Å². The fourth-order valence-corrected chi connectivity index (χ4v) is 3.77. The van der Waals surface area contributed by atoms with Crippen molar-refractivity contribution >= 4 is 21.8 Å². The fraction of sp³-hybridized carbons (Fsp3) is 0.933.